The molecular weight excluding hydrogens is 366 g/mol. The molecule has 4 nitrogen and oxygen atoms in total. The van der Waals surface area contributed by atoms with Crippen LogP contribution in [0.3, 0.4) is 0 Å². The van der Waals surface area contributed by atoms with Crippen molar-refractivity contribution in [2.24, 2.45) is 10.9 Å². The fraction of sp³-hybridized carbons (Fsp3) is 0.450. The van der Waals surface area contributed by atoms with Crippen molar-refractivity contribution < 1.29 is 8.78 Å². The molecule has 1 aromatic heterocycles. The molecule has 0 spiro atoms. The van der Waals surface area contributed by atoms with Gasteiger partial charge in [-0.15, -0.1) is 11.3 Å². The molecule has 0 aliphatic carbocycles. The van der Waals surface area contributed by atoms with Gasteiger partial charge in [0.25, 0.3) is 0 Å². The minimum absolute atomic E-state index is 0.436. The molecule has 1 aliphatic rings. The quantitative estimate of drug-likeness (QED) is 0.578. The lowest BCUT2D eigenvalue weighted by molar-refractivity contribution is 0.508. The van der Waals surface area contributed by atoms with Gasteiger partial charge in [-0.25, -0.2) is 13.8 Å². The smallest absolute Gasteiger partial charge is 0.191 e. The van der Waals surface area contributed by atoms with Gasteiger partial charge in [0.15, 0.2) is 17.6 Å². The average molecular weight is 393 g/mol. The van der Waals surface area contributed by atoms with Crippen LogP contribution in [0.5, 0.6) is 0 Å². The molecule has 0 saturated carbocycles. The number of thiophene rings is 1. The minimum atomic E-state index is -0.802. The highest BCUT2D eigenvalue weighted by Gasteiger charge is 2.23. The van der Waals surface area contributed by atoms with Gasteiger partial charge in [-0.1, -0.05) is 0 Å². The van der Waals surface area contributed by atoms with Crippen molar-refractivity contribution >= 4 is 23.0 Å². The van der Waals surface area contributed by atoms with Crippen LogP contribution in [0.15, 0.2) is 34.6 Å². The summed E-state index contributed by atoms with van der Waals surface area (Å²) < 4.78 is 26.6. The molecule has 1 unspecified atom stereocenters. The maximum Gasteiger partial charge on any atom is 0.191 e. The van der Waals surface area contributed by atoms with Crippen LogP contribution >= 0.6 is 11.3 Å². The van der Waals surface area contributed by atoms with Gasteiger partial charge in [0.2, 0.25) is 0 Å². The molecule has 0 radical (unpaired) electrons. The van der Waals surface area contributed by atoms with Gasteiger partial charge in [-0.05, 0) is 55.3 Å². The molecule has 0 amide bonds. The van der Waals surface area contributed by atoms with E-state index in [4.69, 9.17) is 0 Å². The molecule has 1 aromatic carbocycles. The van der Waals surface area contributed by atoms with Crippen LogP contribution in [0, 0.1) is 24.5 Å². The Bertz CT molecular complexity index is 790. The number of nitrogens with zero attached hydrogens (tertiary/aromatic N) is 2. The summed E-state index contributed by atoms with van der Waals surface area (Å²) in [6, 6.07) is 6.23. The predicted octanol–water partition coefficient (Wildman–Crippen LogP) is 3.92. The Kier molecular flexibility index (Phi) is 6.66. The van der Waals surface area contributed by atoms with E-state index >= 15 is 0 Å². The van der Waals surface area contributed by atoms with Gasteiger partial charge < -0.3 is 15.5 Å². The van der Waals surface area contributed by atoms with Crippen LogP contribution in [0.2, 0.25) is 0 Å². The van der Waals surface area contributed by atoms with Gasteiger partial charge in [0.05, 0.1) is 6.54 Å². The maximum atomic E-state index is 13.5. The molecule has 1 fully saturated rings. The number of halogens is 2. The fourth-order valence-corrected chi connectivity index (χ4v) is 4.04. The van der Waals surface area contributed by atoms with E-state index in [9.17, 15) is 8.78 Å². The molecule has 2 aromatic rings. The Labute approximate surface area is 163 Å². The maximum absolute atomic E-state index is 13.5. The first kappa shape index (κ1) is 19.6. The van der Waals surface area contributed by atoms with Crippen molar-refractivity contribution in [3.8, 4) is 0 Å². The van der Waals surface area contributed by atoms with Crippen LogP contribution in [0.25, 0.3) is 0 Å². The fourth-order valence-electron chi connectivity index (χ4n) is 3.22. The number of aliphatic imine (C=N–C) groups is 1. The highest BCUT2D eigenvalue weighted by atomic mass is 32.1. The van der Waals surface area contributed by atoms with Crippen molar-refractivity contribution in [3.05, 3.63) is 51.7 Å². The summed E-state index contributed by atoms with van der Waals surface area (Å²) >= 11 is 1.73. The van der Waals surface area contributed by atoms with E-state index in [0.717, 1.165) is 44.2 Å². The lowest BCUT2D eigenvalue weighted by Crippen LogP contribution is -2.40. The van der Waals surface area contributed by atoms with Crippen molar-refractivity contribution in [1.29, 1.82) is 0 Å². The number of hydrogen-bond acceptors (Lipinski definition) is 3. The Morgan fingerprint density at radius 3 is 2.81 bits per heavy atom. The highest BCUT2D eigenvalue weighted by Crippen LogP contribution is 2.25. The predicted molar refractivity (Wildman–Crippen MR) is 109 cm³/mol. The first-order valence-corrected chi connectivity index (χ1v) is 10.2. The second-order valence-electron chi connectivity index (χ2n) is 6.80. The lowest BCUT2D eigenvalue weighted by Gasteiger charge is -2.19. The molecule has 146 valence electrons. The number of anilines is 1. The molecule has 2 heterocycles. The third-order valence-corrected chi connectivity index (χ3v) is 5.81. The first-order chi connectivity index (χ1) is 13.1. The second-order valence-corrected chi connectivity index (χ2v) is 7.80. The molecule has 1 atom stereocenters. The van der Waals surface area contributed by atoms with E-state index < -0.39 is 11.6 Å². The number of rotatable bonds is 6. The number of aryl methyl sites for hydroxylation is 1. The van der Waals surface area contributed by atoms with Gasteiger partial charge in [-0.2, -0.15) is 0 Å². The number of guanidine groups is 1. The van der Waals surface area contributed by atoms with Crippen LogP contribution in [0.4, 0.5) is 14.5 Å². The Morgan fingerprint density at radius 2 is 2.11 bits per heavy atom. The monoisotopic (exact) mass is 392 g/mol. The minimum Gasteiger partial charge on any atom is -0.371 e. The van der Waals surface area contributed by atoms with Crippen LogP contribution in [0.1, 0.15) is 23.8 Å². The molecule has 1 saturated heterocycles. The summed E-state index contributed by atoms with van der Waals surface area (Å²) in [6.07, 6.45) is 1.01. The molecule has 3 rings (SSSR count). The SMILES string of the molecule is CCNC(=NCc1sccc1C)NCC1CCN(c2ccc(F)c(F)c2)C1. The Morgan fingerprint density at radius 1 is 1.26 bits per heavy atom. The van der Waals surface area contributed by atoms with Gasteiger partial charge in [-0.3, -0.25) is 0 Å². The van der Waals surface area contributed by atoms with Crippen molar-refractivity contribution in [3.63, 3.8) is 0 Å². The number of hydrogen-bond donors (Lipinski definition) is 2. The summed E-state index contributed by atoms with van der Waals surface area (Å²) in [7, 11) is 0. The average Bonchev–Trinajstić information content (AvgIpc) is 3.29. The van der Waals surface area contributed by atoms with E-state index in [0.29, 0.717) is 12.5 Å². The molecule has 2 N–H and O–H groups in total. The summed E-state index contributed by atoms with van der Waals surface area (Å²) in [6.45, 7) is 8.10. The van der Waals surface area contributed by atoms with E-state index in [2.05, 4.69) is 38.9 Å². The van der Waals surface area contributed by atoms with Crippen molar-refractivity contribution in [1.82, 2.24) is 10.6 Å². The normalized spacial score (nSPS) is 17.4. The zero-order chi connectivity index (χ0) is 19.2. The molecule has 7 heteroatoms. The third kappa shape index (κ3) is 5.19. The molecular formula is C20H26F2N4S. The Hall–Kier alpha value is -2.15. The third-order valence-electron chi connectivity index (χ3n) is 4.81. The van der Waals surface area contributed by atoms with E-state index in [1.54, 1.807) is 17.4 Å². The largest absolute Gasteiger partial charge is 0.371 e. The number of nitrogens with one attached hydrogen (secondary N) is 2. The standard InChI is InChI=1S/C20H26F2N4S/c1-3-23-20(25-12-19-14(2)7-9-27-19)24-11-15-6-8-26(13-15)16-4-5-17(21)18(22)10-16/h4-5,7,9-10,15H,3,6,8,11-13H2,1-2H3,(H2,23,24,25). The molecule has 1 aliphatic heterocycles. The summed E-state index contributed by atoms with van der Waals surface area (Å²) in [4.78, 5) is 8.06. The van der Waals surface area contributed by atoms with Crippen molar-refractivity contribution in [2.45, 2.75) is 26.8 Å². The first-order valence-electron chi connectivity index (χ1n) is 9.32. The van der Waals surface area contributed by atoms with E-state index in [1.807, 2.05) is 6.92 Å². The number of benzene rings is 1. The van der Waals surface area contributed by atoms with Gasteiger partial charge in [0.1, 0.15) is 0 Å². The van der Waals surface area contributed by atoms with Crippen molar-refractivity contribution in [2.75, 3.05) is 31.1 Å². The molecule has 27 heavy (non-hydrogen) atoms. The van der Waals surface area contributed by atoms with Gasteiger partial charge >= 0.3 is 0 Å². The van der Waals surface area contributed by atoms with E-state index in [-0.39, 0.29) is 0 Å². The van der Waals surface area contributed by atoms with Crippen LogP contribution < -0.4 is 15.5 Å². The zero-order valence-electron chi connectivity index (χ0n) is 15.8. The summed E-state index contributed by atoms with van der Waals surface area (Å²) in [5.74, 6) is -0.342. The molecule has 0 bridgehead atoms. The zero-order valence-corrected chi connectivity index (χ0v) is 16.6. The van der Waals surface area contributed by atoms with Crippen LogP contribution in [-0.4, -0.2) is 32.1 Å². The summed E-state index contributed by atoms with van der Waals surface area (Å²) in [5.41, 5.74) is 2.02. The van der Waals surface area contributed by atoms with Crippen LogP contribution in [-0.2, 0) is 6.54 Å². The second kappa shape index (κ2) is 9.17. The Balaban J connectivity index is 1.53. The summed E-state index contributed by atoms with van der Waals surface area (Å²) in [5, 5.41) is 8.79. The van der Waals surface area contributed by atoms with E-state index in [1.165, 1.54) is 22.6 Å². The lowest BCUT2D eigenvalue weighted by atomic mass is 10.1. The van der Waals surface area contributed by atoms with Gasteiger partial charge in [0, 0.05) is 42.8 Å². The topological polar surface area (TPSA) is 39.7 Å². The highest BCUT2D eigenvalue weighted by molar-refractivity contribution is 7.10.